The second-order valence-corrected chi connectivity index (χ2v) is 6.02. The molecule has 0 radical (unpaired) electrons. The minimum Gasteiger partial charge on any atom is -0.494 e. The fraction of sp³-hybridized carbons (Fsp3) is 0.167. The molecule has 0 bridgehead atoms. The molecule has 0 saturated carbocycles. The number of hydrogen-bond acceptors (Lipinski definition) is 4. The predicted molar refractivity (Wildman–Crippen MR) is 101 cm³/mol. The van der Waals surface area contributed by atoms with Crippen LogP contribution in [0.1, 0.15) is 18.9 Å². The molecule has 0 atom stereocenters. The number of carbonyl (C=O) groups is 1. The second kappa shape index (κ2) is 8.98. The molecule has 7 heteroatoms. The maximum absolute atomic E-state index is 12.0. The quantitative estimate of drug-likeness (QED) is 0.408. The zero-order valence-electron chi connectivity index (χ0n) is 13.6. The fourth-order valence-electron chi connectivity index (χ4n) is 1.96. The molecule has 130 valence electrons. The lowest BCUT2D eigenvalue weighted by Crippen LogP contribution is -2.08. The van der Waals surface area contributed by atoms with Gasteiger partial charge in [0.2, 0.25) is 5.91 Å². The maximum Gasteiger partial charge on any atom is 0.270 e. The van der Waals surface area contributed by atoms with Crippen molar-refractivity contribution in [2.75, 3.05) is 11.9 Å². The number of ether oxygens (including phenoxy) is 1. The Kier molecular flexibility index (Phi) is 6.71. The summed E-state index contributed by atoms with van der Waals surface area (Å²) < 4.78 is 5.94. The number of amides is 1. The Bertz CT molecular complexity index is 788. The normalized spacial score (nSPS) is 10.6. The number of nitro groups is 1. The van der Waals surface area contributed by atoms with E-state index < -0.39 is 4.92 Å². The van der Waals surface area contributed by atoms with E-state index in [1.807, 2.05) is 31.2 Å². The van der Waals surface area contributed by atoms with Crippen molar-refractivity contribution in [3.05, 3.63) is 68.7 Å². The summed E-state index contributed by atoms with van der Waals surface area (Å²) in [6.07, 6.45) is 4.02. The SMILES string of the molecule is CCCOc1ccc(/C=C\C(=O)Nc2ccc([N+](=O)[O-])cc2Br)cc1. The molecule has 2 aromatic rings. The molecule has 1 amide bonds. The standard InChI is InChI=1S/C18H17BrN2O4/c1-2-11-25-15-7-3-13(4-8-15)5-10-18(22)20-17-9-6-14(21(23)24)12-16(17)19/h3-10,12H,2,11H2,1H3,(H,20,22)/b10-5-. The zero-order valence-corrected chi connectivity index (χ0v) is 15.2. The van der Waals surface area contributed by atoms with E-state index in [9.17, 15) is 14.9 Å². The third kappa shape index (κ3) is 5.72. The Balaban J connectivity index is 1.97. The van der Waals surface area contributed by atoms with E-state index in [2.05, 4.69) is 21.2 Å². The summed E-state index contributed by atoms with van der Waals surface area (Å²) in [6.45, 7) is 2.71. The summed E-state index contributed by atoms with van der Waals surface area (Å²) in [4.78, 5) is 22.2. The largest absolute Gasteiger partial charge is 0.494 e. The van der Waals surface area contributed by atoms with Crippen molar-refractivity contribution >= 4 is 39.3 Å². The van der Waals surface area contributed by atoms with Crippen LogP contribution in [0, 0.1) is 10.1 Å². The van der Waals surface area contributed by atoms with Crippen molar-refractivity contribution in [3.8, 4) is 5.75 Å². The first-order valence-electron chi connectivity index (χ1n) is 7.65. The first-order valence-corrected chi connectivity index (χ1v) is 8.44. The van der Waals surface area contributed by atoms with E-state index >= 15 is 0 Å². The molecule has 0 saturated heterocycles. The minimum atomic E-state index is -0.496. The third-order valence-corrected chi connectivity index (χ3v) is 3.86. The highest BCUT2D eigenvalue weighted by atomic mass is 79.9. The Morgan fingerprint density at radius 3 is 2.60 bits per heavy atom. The van der Waals surface area contributed by atoms with E-state index in [1.54, 1.807) is 6.08 Å². The van der Waals surface area contributed by atoms with Crippen molar-refractivity contribution in [2.24, 2.45) is 0 Å². The van der Waals surface area contributed by atoms with Crippen LogP contribution < -0.4 is 10.1 Å². The molecule has 0 aromatic heterocycles. The van der Waals surface area contributed by atoms with E-state index in [-0.39, 0.29) is 11.6 Å². The number of anilines is 1. The van der Waals surface area contributed by atoms with Gasteiger partial charge in [0, 0.05) is 22.7 Å². The summed E-state index contributed by atoms with van der Waals surface area (Å²) in [6, 6.07) is 11.6. The van der Waals surface area contributed by atoms with E-state index in [0.717, 1.165) is 17.7 Å². The van der Waals surface area contributed by atoms with Crippen LogP contribution in [0.25, 0.3) is 6.08 Å². The van der Waals surface area contributed by atoms with Gasteiger partial charge in [0.1, 0.15) is 5.75 Å². The Hall–Kier alpha value is -2.67. The predicted octanol–water partition coefficient (Wildman–Crippen LogP) is 4.80. The number of nitro benzene ring substituents is 1. The van der Waals surface area contributed by atoms with Gasteiger partial charge in [-0.1, -0.05) is 19.1 Å². The lowest BCUT2D eigenvalue weighted by atomic mass is 10.2. The van der Waals surface area contributed by atoms with Crippen LogP contribution in [0.15, 0.2) is 53.0 Å². The number of nitrogens with zero attached hydrogens (tertiary/aromatic N) is 1. The number of non-ortho nitro benzene ring substituents is 1. The number of benzene rings is 2. The monoisotopic (exact) mass is 404 g/mol. The summed E-state index contributed by atoms with van der Waals surface area (Å²) in [5.74, 6) is 0.458. The molecule has 2 aromatic carbocycles. The van der Waals surface area contributed by atoms with Crippen LogP contribution in [-0.2, 0) is 4.79 Å². The smallest absolute Gasteiger partial charge is 0.270 e. The highest BCUT2D eigenvalue weighted by Crippen LogP contribution is 2.27. The lowest BCUT2D eigenvalue weighted by Gasteiger charge is -2.05. The summed E-state index contributed by atoms with van der Waals surface area (Å²) in [7, 11) is 0. The highest BCUT2D eigenvalue weighted by molar-refractivity contribution is 9.10. The Labute approximate surface area is 153 Å². The van der Waals surface area contributed by atoms with Crippen molar-refractivity contribution in [2.45, 2.75) is 13.3 Å². The number of nitrogens with one attached hydrogen (secondary N) is 1. The fourth-order valence-corrected chi connectivity index (χ4v) is 2.43. The van der Waals surface area contributed by atoms with E-state index in [1.165, 1.54) is 24.3 Å². The van der Waals surface area contributed by atoms with Gasteiger partial charge in [-0.3, -0.25) is 14.9 Å². The minimum absolute atomic E-state index is 0.0502. The van der Waals surface area contributed by atoms with Crippen LogP contribution >= 0.6 is 15.9 Å². The average Bonchev–Trinajstić information content (AvgIpc) is 2.60. The number of carbonyl (C=O) groups excluding carboxylic acids is 1. The third-order valence-electron chi connectivity index (χ3n) is 3.20. The molecule has 0 aliphatic rings. The molecule has 0 aliphatic heterocycles. The summed E-state index contributed by atoms with van der Waals surface area (Å²) >= 11 is 3.21. The molecule has 2 rings (SSSR count). The summed E-state index contributed by atoms with van der Waals surface area (Å²) in [5.41, 5.74) is 1.27. The van der Waals surface area contributed by atoms with Gasteiger partial charge in [-0.15, -0.1) is 0 Å². The molecule has 1 N–H and O–H groups in total. The van der Waals surface area contributed by atoms with Crippen molar-refractivity contribution in [1.82, 2.24) is 0 Å². The van der Waals surface area contributed by atoms with Gasteiger partial charge in [0.15, 0.2) is 0 Å². The molecular formula is C18H17BrN2O4. The Morgan fingerprint density at radius 1 is 1.28 bits per heavy atom. The van der Waals surface area contributed by atoms with Gasteiger partial charge in [-0.05, 0) is 52.2 Å². The zero-order chi connectivity index (χ0) is 18.2. The average molecular weight is 405 g/mol. The topological polar surface area (TPSA) is 81.5 Å². The Morgan fingerprint density at radius 2 is 2.00 bits per heavy atom. The second-order valence-electron chi connectivity index (χ2n) is 5.16. The molecule has 0 heterocycles. The summed E-state index contributed by atoms with van der Waals surface area (Å²) in [5, 5.41) is 13.4. The van der Waals surface area contributed by atoms with Gasteiger partial charge < -0.3 is 10.1 Å². The molecule has 0 fully saturated rings. The van der Waals surface area contributed by atoms with Gasteiger partial charge in [0.05, 0.1) is 17.2 Å². The molecule has 0 aliphatic carbocycles. The first-order chi connectivity index (χ1) is 12.0. The number of rotatable bonds is 7. The molecule has 25 heavy (non-hydrogen) atoms. The van der Waals surface area contributed by atoms with Crippen molar-refractivity contribution in [3.63, 3.8) is 0 Å². The highest BCUT2D eigenvalue weighted by Gasteiger charge is 2.10. The van der Waals surface area contributed by atoms with Gasteiger partial charge in [-0.2, -0.15) is 0 Å². The van der Waals surface area contributed by atoms with Gasteiger partial charge in [-0.25, -0.2) is 0 Å². The van der Waals surface area contributed by atoms with Crippen LogP contribution in [-0.4, -0.2) is 17.4 Å². The van der Waals surface area contributed by atoms with Crippen LogP contribution in [0.5, 0.6) is 5.75 Å². The van der Waals surface area contributed by atoms with Crippen molar-refractivity contribution in [1.29, 1.82) is 0 Å². The van der Waals surface area contributed by atoms with Gasteiger partial charge >= 0.3 is 0 Å². The number of hydrogen-bond donors (Lipinski definition) is 1. The van der Waals surface area contributed by atoms with Crippen molar-refractivity contribution < 1.29 is 14.5 Å². The van der Waals surface area contributed by atoms with E-state index in [0.29, 0.717) is 16.8 Å². The molecule has 6 nitrogen and oxygen atoms in total. The van der Waals surface area contributed by atoms with Crippen LogP contribution in [0.4, 0.5) is 11.4 Å². The molecule has 0 unspecified atom stereocenters. The number of halogens is 1. The lowest BCUT2D eigenvalue weighted by molar-refractivity contribution is -0.384. The van der Waals surface area contributed by atoms with Crippen LogP contribution in [0.2, 0.25) is 0 Å². The first kappa shape index (κ1) is 18.7. The maximum atomic E-state index is 12.0. The molecule has 0 spiro atoms. The van der Waals surface area contributed by atoms with Crippen LogP contribution in [0.3, 0.4) is 0 Å². The molecular weight excluding hydrogens is 388 g/mol. The van der Waals surface area contributed by atoms with Gasteiger partial charge in [0.25, 0.3) is 5.69 Å². The van der Waals surface area contributed by atoms with E-state index in [4.69, 9.17) is 4.74 Å².